The van der Waals surface area contributed by atoms with Crippen molar-refractivity contribution >= 4 is 16.3 Å². The molecule has 0 spiro atoms. The Kier molecular flexibility index (Phi) is 3.18. The second-order valence-electron chi connectivity index (χ2n) is 5.99. The predicted molar refractivity (Wildman–Crippen MR) is 70.4 cm³/mol. The molecule has 0 radical (unpaired) electrons. The van der Waals surface area contributed by atoms with E-state index in [0.717, 1.165) is 23.2 Å². The fourth-order valence-electron chi connectivity index (χ4n) is 2.10. The van der Waals surface area contributed by atoms with Gasteiger partial charge in [-0.15, -0.1) is 0 Å². The average Bonchev–Trinajstić information content (AvgIpc) is 2.83. The summed E-state index contributed by atoms with van der Waals surface area (Å²) in [5.74, 6) is 0. The van der Waals surface area contributed by atoms with Gasteiger partial charge in [-0.05, 0) is 27.2 Å². The molecule has 2 heterocycles. The molecule has 0 aliphatic carbocycles. The Bertz CT molecular complexity index is 429. The van der Waals surface area contributed by atoms with Gasteiger partial charge in [-0.25, -0.2) is 14.5 Å². The van der Waals surface area contributed by atoms with E-state index >= 15 is 0 Å². The number of aromatic nitrogens is 3. The van der Waals surface area contributed by atoms with Crippen LogP contribution in [0.3, 0.4) is 0 Å². The predicted octanol–water partition coefficient (Wildman–Crippen LogP) is -0.0629. The molecule has 1 aliphatic rings. The summed E-state index contributed by atoms with van der Waals surface area (Å²) in [7, 11) is 0.922. The summed E-state index contributed by atoms with van der Waals surface area (Å²) in [6.45, 7) is 7.03. The van der Waals surface area contributed by atoms with Crippen molar-refractivity contribution in [3.8, 4) is 0 Å². The number of rotatable bonds is 1. The average molecular weight is 268 g/mol. The highest BCUT2D eigenvalue weighted by atomic mass is 28.1. The van der Waals surface area contributed by atoms with Gasteiger partial charge in [0.05, 0.1) is 5.16 Å². The molecule has 100 valence electrons. The largest absolute Gasteiger partial charge is 0.444 e. The summed E-state index contributed by atoms with van der Waals surface area (Å²) in [5, 5.41) is 4.15. The van der Waals surface area contributed by atoms with Crippen molar-refractivity contribution in [1.82, 2.24) is 19.7 Å². The number of carbonyl (C=O) groups excluding carboxylic acids is 1. The third-order valence-corrected chi connectivity index (χ3v) is 4.35. The van der Waals surface area contributed by atoms with Gasteiger partial charge in [-0.1, -0.05) is 0 Å². The Morgan fingerprint density at radius 2 is 2.22 bits per heavy atom. The highest BCUT2D eigenvalue weighted by Gasteiger charge is 2.39. The molecule has 2 rings (SSSR count). The molecule has 1 amide bonds. The van der Waals surface area contributed by atoms with Crippen LogP contribution in [0.1, 0.15) is 27.2 Å². The second-order valence-corrected chi connectivity index (χ2v) is 7.85. The Morgan fingerprint density at radius 3 is 2.78 bits per heavy atom. The maximum absolute atomic E-state index is 12.0. The van der Waals surface area contributed by atoms with E-state index < -0.39 is 5.60 Å². The molecule has 0 saturated carbocycles. The first-order valence-corrected chi connectivity index (χ1v) is 7.13. The lowest BCUT2D eigenvalue weighted by molar-refractivity contribution is 0.0284. The first-order valence-electron chi connectivity index (χ1n) is 6.13. The van der Waals surface area contributed by atoms with Gasteiger partial charge in [-0.2, -0.15) is 5.10 Å². The molecule has 1 atom stereocenters. The summed E-state index contributed by atoms with van der Waals surface area (Å²) in [5.41, 5.74) is -0.444. The van der Waals surface area contributed by atoms with Gasteiger partial charge in [-0.3, -0.25) is 0 Å². The van der Waals surface area contributed by atoms with Crippen LogP contribution in [0.15, 0.2) is 12.7 Å². The minimum Gasteiger partial charge on any atom is -0.444 e. The van der Waals surface area contributed by atoms with E-state index in [1.165, 1.54) is 6.33 Å². The van der Waals surface area contributed by atoms with Crippen molar-refractivity contribution in [3.05, 3.63) is 12.7 Å². The van der Waals surface area contributed by atoms with Gasteiger partial charge in [0, 0.05) is 23.3 Å². The number of hydrogen-bond donors (Lipinski definition) is 0. The lowest BCUT2D eigenvalue weighted by Gasteiger charge is -2.27. The minimum atomic E-state index is -0.444. The standard InChI is InChI=1S/C11H20N4O2Si/c1-10(2,3)17-9(16)14-5-4-11(18,6-14)15-8-12-7-13-15/h7-8H,4-6H2,1-3,18H3/t11-/m1/s1. The lowest BCUT2D eigenvalue weighted by Crippen LogP contribution is -2.41. The molecular formula is C11H20N4O2Si. The monoisotopic (exact) mass is 268 g/mol. The van der Waals surface area contributed by atoms with Gasteiger partial charge in [0.2, 0.25) is 0 Å². The zero-order valence-corrected chi connectivity index (χ0v) is 13.4. The quantitative estimate of drug-likeness (QED) is 0.669. The first-order chi connectivity index (χ1) is 8.30. The molecule has 1 saturated heterocycles. The maximum Gasteiger partial charge on any atom is 0.410 e. The normalized spacial score (nSPS) is 24.5. The van der Waals surface area contributed by atoms with Crippen LogP contribution < -0.4 is 0 Å². The zero-order chi connectivity index (χ0) is 13.4. The first kappa shape index (κ1) is 13.1. The van der Waals surface area contributed by atoms with Crippen LogP contribution in [-0.2, 0) is 9.90 Å². The smallest absolute Gasteiger partial charge is 0.410 e. The molecule has 1 aliphatic heterocycles. The van der Waals surface area contributed by atoms with E-state index in [9.17, 15) is 4.79 Å². The Labute approximate surface area is 110 Å². The molecule has 7 heteroatoms. The number of hydrogen-bond acceptors (Lipinski definition) is 4. The molecule has 1 aromatic rings. The number of nitrogens with zero attached hydrogens (tertiary/aromatic N) is 4. The number of ether oxygens (including phenoxy) is 1. The van der Waals surface area contributed by atoms with Crippen LogP contribution in [0.5, 0.6) is 0 Å². The summed E-state index contributed by atoms with van der Waals surface area (Å²) < 4.78 is 7.27. The molecule has 0 N–H and O–H groups in total. The van der Waals surface area contributed by atoms with Crippen molar-refractivity contribution in [2.24, 2.45) is 0 Å². The van der Waals surface area contributed by atoms with Crippen LogP contribution >= 0.6 is 0 Å². The van der Waals surface area contributed by atoms with Crippen LogP contribution in [-0.4, -0.2) is 54.7 Å². The van der Waals surface area contributed by atoms with Crippen LogP contribution in [0, 0.1) is 0 Å². The Hall–Kier alpha value is -1.37. The van der Waals surface area contributed by atoms with Gasteiger partial charge >= 0.3 is 6.09 Å². The fraction of sp³-hybridized carbons (Fsp3) is 0.727. The fourth-order valence-corrected chi connectivity index (χ4v) is 2.94. The molecule has 6 nitrogen and oxygen atoms in total. The van der Waals surface area contributed by atoms with Gasteiger partial charge in [0.25, 0.3) is 0 Å². The number of carbonyl (C=O) groups is 1. The van der Waals surface area contributed by atoms with E-state index in [2.05, 4.69) is 10.1 Å². The highest BCUT2D eigenvalue weighted by Crippen LogP contribution is 2.26. The molecule has 0 unspecified atom stereocenters. The second kappa shape index (κ2) is 4.38. The minimum absolute atomic E-state index is 0.0482. The van der Waals surface area contributed by atoms with E-state index in [-0.39, 0.29) is 11.3 Å². The van der Waals surface area contributed by atoms with E-state index in [4.69, 9.17) is 4.74 Å². The summed E-state index contributed by atoms with van der Waals surface area (Å²) >= 11 is 0. The number of likely N-dealkylation sites (tertiary alicyclic amines) is 1. The molecule has 0 bridgehead atoms. The number of amides is 1. The molecule has 0 aromatic carbocycles. The van der Waals surface area contributed by atoms with Crippen LogP contribution in [0.2, 0.25) is 0 Å². The Balaban J connectivity index is 2.02. The van der Waals surface area contributed by atoms with E-state index in [1.54, 1.807) is 11.2 Å². The van der Waals surface area contributed by atoms with Crippen molar-refractivity contribution in [1.29, 1.82) is 0 Å². The Morgan fingerprint density at radius 1 is 1.50 bits per heavy atom. The van der Waals surface area contributed by atoms with Gasteiger partial charge in [0.15, 0.2) is 0 Å². The van der Waals surface area contributed by atoms with Crippen molar-refractivity contribution in [2.45, 2.75) is 38.0 Å². The third-order valence-electron chi connectivity index (χ3n) is 3.08. The third kappa shape index (κ3) is 2.72. The topological polar surface area (TPSA) is 60.2 Å². The molecule has 18 heavy (non-hydrogen) atoms. The highest BCUT2D eigenvalue weighted by molar-refractivity contribution is 6.14. The van der Waals surface area contributed by atoms with Crippen LogP contribution in [0.4, 0.5) is 4.79 Å². The molecule has 1 aromatic heterocycles. The van der Waals surface area contributed by atoms with E-state index in [0.29, 0.717) is 6.54 Å². The van der Waals surface area contributed by atoms with Crippen molar-refractivity contribution in [3.63, 3.8) is 0 Å². The SMILES string of the molecule is CC(C)(C)OC(=O)N1CC[C@]([SiH3])(n2cncn2)C1. The van der Waals surface area contributed by atoms with Gasteiger partial charge in [0.1, 0.15) is 18.3 Å². The summed E-state index contributed by atoms with van der Waals surface area (Å²) in [4.78, 5) is 17.7. The van der Waals surface area contributed by atoms with Crippen LogP contribution in [0.25, 0.3) is 0 Å². The lowest BCUT2D eigenvalue weighted by atomic mass is 10.2. The molecule has 1 fully saturated rings. The zero-order valence-electron chi connectivity index (χ0n) is 11.4. The maximum atomic E-state index is 12.0. The van der Waals surface area contributed by atoms with Crippen molar-refractivity contribution in [2.75, 3.05) is 13.1 Å². The summed E-state index contributed by atoms with van der Waals surface area (Å²) in [6, 6.07) is 0. The van der Waals surface area contributed by atoms with E-state index in [1.807, 2.05) is 25.5 Å². The summed E-state index contributed by atoms with van der Waals surface area (Å²) in [6.07, 6.45) is 3.95. The molecular weight excluding hydrogens is 248 g/mol. The van der Waals surface area contributed by atoms with Gasteiger partial charge < -0.3 is 9.64 Å². The van der Waals surface area contributed by atoms with Crippen molar-refractivity contribution < 1.29 is 9.53 Å².